The van der Waals surface area contributed by atoms with Gasteiger partial charge in [0, 0.05) is 11.5 Å². The van der Waals surface area contributed by atoms with Crippen LogP contribution in [0.15, 0.2) is 21.2 Å². The van der Waals surface area contributed by atoms with Gasteiger partial charge in [0.15, 0.2) is 0 Å². The maximum atomic E-state index is 11.4. The van der Waals surface area contributed by atoms with E-state index >= 15 is 0 Å². The quantitative estimate of drug-likeness (QED) is 0.830. The molecule has 0 spiro atoms. The van der Waals surface area contributed by atoms with E-state index in [-0.39, 0.29) is 32.7 Å². The van der Waals surface area contributed by atoms with Gasteiger partial charge in [-0.05, 0) is 13.0 Å². The number of rotatable bonds is 3. The summed E-state index contributed by atoms with van der Waals surface area (Å²) in [5.74, 6) is -1.84. The summed E-state index contributed by atoms with van der Waals surface area (Å²) in [6, 6.07) is 0. The van der Waals surface area contributed by atoms with Crippen molar-refractivity contribution < 1.29 is 27.6 Å². The third kappa shape index (κ3) is 2.55. The number of hydrogen-bond acceptors (Lipinski definition) is 6. The molecular weight excluding hydrogens is 334 g/mol. The number of carbonyl (C=O) groups is 1. The van der Waals surface area contributed by atoms with Gasteiger partial charge in [0.25, 0.3) is 0 Å². The topological polar surface area (TPSA) is 107 Å². The molecule has 0 fully saturated rings. The highest BCUT2D eigenvalue weighted by atomic mass is 35.5. The predicted octanol–water partition coefficient (Wildman–Crippen LogP) is 1.65. The molecule has 0 saturated heterocycles. The third-order valence-corrected chi connectivity index (χ3v) is 4.63. The van der Waals surface area contributed by atoms with Crippen LogP contribution in [0, 0.1) is 12.8 Å². The second-order valence-corrected chi connectivity index (χ2v) is 5.92. The Balaban J connectivity index is 2.78. The van der Waals surface area contributed by atoms with Crippen LogP contribution in [0.4, 0.5) is 0 Å². The Morgan fingerprint density at radius 2 is 2.14 bits per heavy atom. The van der Waals surface area contributed by atoms with Crippen molar-refractivity contribution in [2.75, 3.05) is 7.11 Å². The Morgan fingerprint density at radius 1 is 1.50 bits per heavy atom. The average molecular weight is 346 g/mol. The van der Waals surface area contributed by atoms with Gasteiger partial charge in [-0.15, -0.1) is 0 Å². The lowest BCUT2D eigenvalue weighted by molar-refractivity contribution is -0.132. The number of hydrogen-bond donors (Lipinski definition) is 1. The molecule has 0 radical (unpaired) electrons. The Hall–Kier alpha value is -2.06. The van der Waals surface area contributed by atoms with Crippen molar-refractivity contribution in [3.63, 3.8) is 0 Å². The number of allylic oxidation sites excluding steroid dienone is 2. The normalized spacial score (nSPS) is 18.3. The van der Waals surface area contributed by atoms with Gasteiger partial charge in [-0.1, -0.05) is 23.7 Å². The number of carboxylic acids is 1. The first-order valence-electron chi connectivity index (χ1n) is 6.11. The molecule has 22 heavy (non-hydrogen) atoms. The number of aliphatic carboxylic acids is 1. The number of carboxylic acid groups (broad SMARTS) is 1. The molecule has 1 unspecified atom stereocenters. The zero-order chi connectivity index (χ0) is 16.6. The van der Waals surface area contributed by atoms with Gasteiger partial charge in [0.1, 0.15) is 5.69 Å². The molecule has 0 amide bonds. The Bertz CT molecular complexity index is 838. The summed E-state index contributed by atoms with van der Waals surface area (Å²) in [7, 11) is -1.19. The van der Waals surface area contributed by atoms with Crippen LogP contribution in [0.2, 0.25) is 0 Å². The summed E-state index contributed by atoms with van der Waals surface area (Å²) in [6.07, 6.45) is 1.05. The van der Waals surface area contributed by atoms with Crippen LogP contribution in [0.1, 0.15) is 18.2 Å². The highest BCUT2D eigenvalue weighted by Gasteiger charge is 2.33. The van der Waals surface area contributed by atoms with Crippen molar-refractivity contribution in [1.82, 2.24) is 5.16 Å². The van der Waals surface area contributed by atoms with Crippen LogP contribution in [-0.4, -0.2) is 36.6 Å². The minimum Gasteiger partial charge on any atom is -0.478 e. The molecule has 1 N–H and O–H groups in total. The lowest BCUT2D eigenvalue weighted by Crippen LogP contribution is -2.21. The zero-order valence-electron chi connectivity index (χ0n) is 11.9. The Labute approximate surface area is 132 Å². The molecule has 0 aromatic carbocycles. The van der Waals surface area contributed by atoms with E-state index in [1.54, 1.807) is 13.8 Å². The molecule has 1 aromatic heterocycles. The lowest BCUT2D eigenvalue weighted by atomic mass is 9.86. The molecule has 0 bridgehead atoms. The van der Waals surface area contributed by atoms with Gasteiger partial charge in [-0.25, -0.2) is 4.79 Å². The van der Waals surface area contributed by atoms with Crippen LogP contribution in [0.25, 0.3) is 5.57 Å². The van der Waals surface area contributed by atoms with E-state index in [0.29, 0.717) is 5.56 Å². The number of nitrogens with zero attached hydrogens (tertiary/aromatic N) is 1. The molecule has 118 valence electrons. The standard InChI is InChI=1S/C13H12ClNO6S/c1-5-8(22(18)19)4-7(12(16)17)10(14)9(5)11-6(2)13(20-3)21-15-11/h4-5H,1-3H3,(H,16,17). The fraction of sp³-hybridized carbons (Fsp3) is 0.308. The number of aromatic nitrogens is 1. The van der Waals surface area contributed by atoms with Crippen molar-refractivity contribution in [1.29, 1.82) is 0 Å². The van der Waals surface area contributed by atoms with E-state index < -0.39 is 22.2 Å². The van der Waals surface area contributed by atoms with Gasteiger partial charge in [-0.2, -0.15) is 8.42 Å². The van der Waals surface area contributed by atoms with E-state index in [4.69, 9.17) is 20.9 Å². The maximum absolute atomic E-state index is 11.4. The second-order valence-electron chi connectivity index (χ2n) is 4.60. The smallest absolute Gasteiger partial charge is 0.337 e. The van der Waals surface area contributed by atoms with Crippen LogP contribution in [0.3, 0.4) is 0 Å². The summed E-state index contributed by atoms with van der Waals surface area (Å²) in [6.45, 7) is 3.25. The predicted molar refractivity (Wildman–Crippen MR) is 79.4 cm³/mol. The van der Waals surface area contributed by atoms with Crippen LogP contribution >= 0.6 is 11.6 Å². The fourth-order valence-electron chi connectivity index (χ4n) is 2.23. The van der Waals surface area contributed by atoms with E-state index in [2.05, 4.69) is 5.16 Å². The number of methoxy groups -OCH3 is 1. The zero-order valence-corrected chi connectivity index (χ0v) is 13.4. The maximum Gasteiger partial charge on any atom is 0.337 e. The van der Waals surface area contributed by atoms with Crippen molar-refractivity contribution in [3.05, 3.63) is 27.9 Å². The summed E-state index contributed by atoms with van der Waals surface area (Å²) in [4.78, 5) is 11.2. The van der Waals surface area contributed by atoms with Crippen molar-refractivity contribution in [2.45, 2.75) is 13.8 Å². The third-order valence-electron chi connectivity index (χ3n) is 3.36. The molecule has 1 aromatic rings. The van der Waals surface area contributed by atoms with Crippen LogP contribution in [-0.2, 0) is 15.1 Å². The molecule has 9 heteroatoms. The summed E-state index contributed by atoms with van der Waals surface area (Å²) in [5.41, 5.74) is 0.731. The van der Waals surface area contributed by atoms with Crippen molar-refractivity contribution in [2.24, 2.45) is 5.92 Å². The molecule has 0 saturated carbocycles. The Kier molecular flexibility index (Phi) is 4.43. The molecule has 0 aliphatic heterocycles. The molecule has 1 aliphatic rings. The highest BCUT2D eigenvalue weighted by molar-refractivity contribution is 7.73. The molecule has 2 rings (SSSR count). The first kappa shape index (κ1) is 16.3. The number of ether oxygens (including phenoxy) is 1. The van der Waals surface area contributed by atoms with Crippen molar-refractivity contribution in [3.8, 4) is 5.95 Å². The van der Waals surface area contributed by atoms with Gasteiger partial charge in [0.2, 0.25) is 10.3 Å². The average Bonchev–Trinajstić information content (AvgIpc) is 2.79. The molecular formula is C13H12ClNO6S. The first-order valence-corrected chi connectivity index (χ1v) is 7.56. The van der Waals surface area contributed by atoms with E-state index in [1.165, 1.54) is 7.11 Å². The van der Waals surface area contributed by atoms with Gasteiger partial charge in [0.05, 0.1) is 28.1 Å². The molecule has 1 aliphatic carbocycles. The summed E-state index contributed by atoms with van der Waals surface area (Å²) >= 11 is 6.16. The lowest BCUT2D eigenvalue weighted by Gasteiger charge is -2.21. The molecule has 1 atom stereocenters. The van der Waals surface area contributed by atoms with Crippen LogP contribution < -0.4 is 4.74 Å². The summed E-state index contributed by atoms with van der Waals surface area (Å²) in [5, 5.41) is 13.0. The summed E-state index contributed by atoms with van der Waals surface area (Å²) < 4.78 is 32.7. The van der Waals surface area contributed by atoms with E-state index in [1.807, 2.05) is 0 Å². The van der Waals surface area contributed by atoms with Crippen LogP contribution in [0.5, 0.6) is 5.95 Å². The van der Waals surface area contributed by atoms with E-state index in [0.717, 1.165) is 6.08 Å². The fourth-order valence-corrected chi connectivity index (χ4v) is 3.24. The minimum absolute atomic E-state index is 0.0757. The minimum atomic E-state index is -2.59. The second kappa shape index (κ2) is 5.98. The monoisotopic (exact) mass is 345 g/mol. The highest BCUT2D eigenvalue weighted by Crippen LogP contribution is 2.40. The van der Waals surface area contributed by atoms with Gasteiger partial charge in [-0.3, -0.25) is 0 Å². The van der Waals surface area contributed by atoms with Gasteiger partial charge >= 0.3 is 11.9 Å². The Morgan fingerprint density at radius 3 is 2.59 bits per heavy atom. The van der Waals surface area contributed by atoms with Crippen molar-refractivity contribution >= 4 is 38.3 Å². The van der Waals surface area contributed by atoms with E-state index in [9.17, 15) is 18.3 Å². The number of halogens is 1. The van der Waals surface area contributed by atoms with Gasteiger partial charge < -0.3 is 14.4 Å². The molecule has 1 heterocycles. The SMILES string of the molecule is COc1onc(C2=C(Cl)C(C(=O)O)=CC(=S(=O)=O)C2C)c1C. The molecule has 7 nitrogen and oxygen atoms in total. The first-order chi connectivity index (χ1) is 10.3. The largest absolute Gasteiger partial charge is 0.478 e.